The molecule has 0 atom stereocenters. The smallest absolute Gasteiger partial charge is 0.215 e. The SMILES string of the molecule is CN=C(NC)NCCS(=O)(=O)N1CCSCC1. The second-order valence-corrected chi connectivity index (χ2v) is 6.89. The van der Waals surface area contributed by atoms with Gasteiger partial charge in [-0.1, -0.05) is 0 Å². The van der Waals surface area contributed by atoms with Crippen LogP contribution in [0.5, 0.6) is 0 Å². The fraction of sp³-hybridized carbons (Fsp3) is 0.889. The number of thioether (sulfide) groups is 1. The number of hydrogen-bond donors (Lipinski definition) is 2. The first-order chi connectivity index (χ1) is 8.10. The van der Waals surface area contributed by atoms with E-state index in [9.17, 15) is 8.42 Å². The Bertz CT molecular complexity index is 350. The van der Waals surface area contributed by atoms with E-state index in [-0.39, 0.29) is 5.75 Å². The van der Waals surface area contributed by atoms with Crippen LogP contribution in [0.25, 0.3) is 0 Å². The lowest BCUT2D eigenvalue weighted by molar-refractivity contribution is 0.443. The molecular weight excluding hydrogens is 260 g/mol. The van der Waals surface area contributed by atoms with Gasteiger partial charge in [0, 0.05) is 45.2 Å². The van der Waals surface area contributed by atoms with E-state index in [1.165, 1.54) is 0 Å². The Morgan fingerprint density at radius 1 is 1.41 bits per heavy atom. The van der Waals surface area contributed by atoms with Crippen molar-refractivity contribution in [2.24, 2.45) is 4.99 Å². The molecule has 8 heteroatoms. The van der Waals surface area contributed by atoms with Gasteiger partial charge in [0.05, 0.1) is 5.75 Å². The van der Waals surface area contributed by atoms with Crippen LogP contribution in [0.4, 0.5) is 0 Å². The predicted molar refractivity (Wildman–Crippen MR) is 73.1 cm³/mol. The summed E-state index contributed by atoms with van der Waals surface area (Å²) in [5.74, 6) is 2.50. The molecule has 1 aliphatic heterocycles. The molecule has 1 heterocycles. The Balaban J connectivity index is 2.39. The molecule has 2 N–H and O–H groups in total. The Labute approximate surface area is 107 Å². The van der Waals surface area contributed by atoms with E-state index in [2.05, 4.69) is 15.6 Å². The summed E-state index contributed by atoms with van der Waals surface area (Å²) in [6, 6.07) is 0. The molecule has 100 valence electrons. The molecule has 0 aromatic rings. The molecule has 1 fully saturated rings. The monoisotopic (exact) mass is 280 g/mol. The lowest BCUT2D eigenvalue weighted by Crippen LogP contribution is -2.43. The number of sulfonamides is 1. The molecule has 0 aliphatic carbocycles. The molecule has 0 bridgehead atoms. The fourth-order valence-corrected chi connectivity index (χ4v) is 4.02. The van der Waals surface area contributed by atoms with Crippen LogP contribution in [0.3, 0.4) is 0 Å². The highest BCUT2D eigenvalue weighted by Gasteiger charge is 2.23. The first-order valence-corrected chi connectivity index (χ1v) is 8.30. The molecule has 1 saturated heterocycles. The normalized spacial score (nSPS) is 19.1. The van der Waals surface area contributed by atoms with Crippen LogP contribution >= 0.6 is 11.8 Å². The first kappa shape index (κ1) is 14.6. The van der Waals surface area contributed by atoms with Crippen LogP contribution in [0.1, 0.15) is 0 Å². The average molecular weight is 280 g/mol. The van der Waals surface area contributed by atoms with Crippen molar-refractivity contribution in [3.63, 3.8) is 0 Å². The minimum absolute atomic E-state index is 0.109. The number of nitrogens with one attached hydrogen (secondary N) is 2. The third kappa shape index (κ3) is 4.72. The Hall–Kier alpha value is -0.470. The van der Waals surface area contributed by atoms with E-state index in [0.29, 0.717) is 25.6 Å². The molecule has 0 saturated carbocycles. The third-order valence-electron chi connectivity index (χ3n) is 2.48. The molecule has 0 spiro atoms. The highest BCUT2D eigenvalue weighted by atomic mass is 32.2. The maximum absolute atomic E-state index is 12.0. The molecule has 0 aromatic heterocycles. The summed E-state index contributed by atoms with van der Waals surface area (Å²) in [7, 11) is 0.269. The van der Waals surface area contributed by atoms with Crippen LogP contribution in [0.15, 0.2) is 4.99 Å². The van der Waals surface area contributed by atoms with Gasteiger partial charge in [-0.2, -0.15) is 11.8 Å². The van der Waals surface area contributed by atoms with E-state index in [4.69, 9.17) is 0 Å². The molecular formula is C9H20N4O2S2. The highest BCUT2D eigenvalue weighted by Crippen LogP contribution is 2.12. The minimum atomic E-state index is -3.12. The number of nitrogens with zero attached hydrogens (tertiary/aromatic N) is 2. The van der Waals surface area contributed by atoms with Gasteiger partial charge in [-0.15, -0.1) is 0 Å². The lowest BCUT2D eigenvalue weighted by atomic mass is 10.6. The van der Waals surface area contributed by atoms with Gasteiger partial charge in [0.1, 0.15) is 0 Å². The number of guanidine groups is 1. The molecule has 0 unspecified atom stereocenters. The standard InChI is InChI=1S/C9H20N4O2S2/c1-10-9(11-2)12-3-8-17(14,15)13-4-6-16-7-5-13/h3-8H2,1-2H3,(H2,10,11,12). The largest absolute Gasteiger partial charge is 0.359 e. The summed E-state index contributed by atoms with van der Waals surface area (Å²) < 4.78 is 25.5. The van der Waals surface area contributed by atoms with E-state index >= 15 is 0 Å². The molecule has 0 amide bonds. The number of aliphatic imine (C=N–C) groups is 1. The Morgan fingerprint density at radius 3 is 2.59 bits per heavy atom. The highest BCUT2D eigenvalue weighted by molar-refractivity contribution is 7.99. The topological polar surface area (TPSA) is 73.8 Å². The number of hydrogen-bond acceptors (Lipinski definition) is 4. The van der Waals surface area contributed by atoms with Gasteiger partial charge in [-0.25, -0.2) is 12.7 Å². The second kappa shape index (κ2) is 7.07. The third-order valence-corrected chi connectivity index (χ3v) is 5.29. The van der Waals surface area contributed by atoms with Crippen molar-refractivity contribution in [1.29, 1.82) is 0 Å². The van der Waals surface area contributed by atoms with E-state index in [1.54, 1.807) is 30.2 Å². The predicted octanol–water partition coefficient (Wildman–Crippen LogP) is -0.840. The molecule has 17 heavy (non-hydrogen) atoms. The van der Waals surface area contributed by atoms with Gasteiger partial charge < -0.3 is 10.6 Å². The van der Waals surface area contributed by atoms with Crippen LogP contribution in [0, 0.1) is 0 Å². The summed E-state index contributed by atoms with van der Waals surface area (Å²) in [6.45, 7) is 1.64. The molecule has 0 aromatic carbocycles. The summed E-state index contributed by atoms with van der Waals surface area (Å²) in [5.41, 5.74) is 0. The van der Waals surface area contributed by atoms with Crippen LogP contribution < -0.4 is 10.6 Å². The van der Waals surface area contributed by atoms with E-state index in [1.807, 2.05) is 0 Å². The maximum Gasteiger partial charge on any atom is 0.215 e. The summed E-state index contributed by atoms with van der Waals surface area (Å²) >= 11 is 1.80. The van der Waals surface area contributed by atoms with Crippen LogP contribution in [-0.2, 0) is 10.0 Å². The van der Waals surface area contributed by atoms with Crippen molar-refractivity contribution in [2.45, 2.75) is 0 Å². The summed E-state index contributed by atoms with van der Waals surface area (Å²) in [6.07, 6.45) is 0. The van der Waals surface area contributed by atoms with Crippen molar-refractivity contribution < 1.29 is 8.42 Å². The van der Waals surface area contributed by atoms with Gasteiger partial charge >= 0.3 is 0 Å². The second-order valence-electron chi connectivity index (χ2n) is 3.58. The molecule has 1 rings (SSSR count). The van der Waals surface area contributed by atoms with Crippen molar-refractivity contribution >= 4 is 27.7 Å². The summed E-state index contributed by atoms with van der Waals surface area (Å²) in [4.78, 5) is 3.92. The van der Waals surface area contributed by atoms with Gasteiger partial charge in [0.25, 0.3) is 0 Å². The Morgan fingerprint density at radius 2 is 2.06 bits per heavy atom. The number of rotatable bonds is 4. The zero-order valence-electron chi connectivity index (χ0n) is 10.3. The van der Waals surface area contributed by atoms with E-state index < -0.39 is 10.0 Å². The van der Waals surface area contributed by atoms with Crippen LogP contribution in [0.2, 0.25) is 0 Å². The van der Waals surface area contributed by atoms with Gasteiger partial charge in [-0.3, -0.25) is 4.99 Å². The molecule has 6 nitrogen and oxygen atoms in total. The zero-order chi connectivity index (χ0) is 12.7. The van der Waals surface area contributed by atoms with Gasteiger partial charge in [-0.05, 0) is 0 Å². The zero-order valence-corrected chi connectivity index (χ0v) is 11.9. The van der Waals surface area contributed by atoms with Crippen molar-refractivity contribution in [1.82, 2.24) is 14.9 Å². The van der Waals surface area contributed by atoms with Crippen molar-refractivity contribution in [2.75, 3.05) is 51.0 Å². The van der Waals surface area contributed by atoms with Gasteiger partial charge in [0.15, 0.2) is 5.96 Å². The summed E-state index contributed by atoms with van der Waals surface area (Å²) in [5, 5.41) is 5.79. The fourth-order valence-electron chi connectivity index (χ4n) is 1.53. The van der Waals surface area contributed by atoms with Crippen molar-refractivity contribution in [3.8, 4) is 0 Å². The quantitative estimate of drug-likeness (QED) is 0.519. The van der Waals surface area contributed by atoms with Gasteiger partial charge in [0.2, 0.25) is 10.0 Å². The Kier molecular flexibility index (Phi) is 6.07. The average Bonchev–Trinajstić information content (AvgIpc) is 2.36. The van der Waals surface area contributed by atoms with Crippen LogP contribution in [-0.4, -0.2) is 69.7 Å². The first-order valence-electron chi connectivity index (χ1n) is 5.54. The maximum atomic E-state index is 12.0. The van der Waals surface area contributed by atoms with E-state index in [0.717, 1.165) is 11.5 Å². The molecule has 1 aliphatic rings. The lowest BCUT2D eigenvalue weighted by Gasteiger charge is -2.25. The van der Waals surface area contributed by atoms with Crippen molar-refractivity contribution in [3.05, 3.63) is 0 Å². The molecule has 0 radical (unpaired) electrons. The minimum Gasteiger partial charge on any atom is -0.359 e.